The van der Waals surface area contributed by atoms with Crippen molar-refractivity contribution in [3.63, 3.8) is 0 Å². The molecule has 1 aliphatic heterocycles. The van der Waals surface area contributed by atoms with Crippen LogP contribution < -0.4 is 26.2 Å². The molecule has 14 heteroatoms. The minimum atomic E-state index is -1.39. The zero-order valence-electron chi connectivity index (χ0n) is 20.6. The second-order valence-electron chi connectivity index (χ2n) is 8.67. The van der Waals surface area contributed by atoms with Gasteiger partial charge in [-0.2, -0.15) is 0 Å². The van der Waals surface area contributed by atoms with Crippen LogP contribution in [0.1, 0.15) is 23.7 Å². The smallest absolute Gasteiger partial charge is 0.252 e. The van der Waals surface area contributed by atoms with Gasteiger partial charge < -0.3 is 31.2 Å². The highest BCUT2D eigenvalue weighted by molar-refractivity contribution is 6.39. The molecular weight excluding hydrogens is 553 g/mol. The lowest BCUT2D eigenvalue weighted by atomic mass is 10.1. The molecule has 12 nitrogen and oxygen atoms in total. The zero-order valence-corrected chi connectivity index (χ0v) is 22.2. The Morgan fingerprint density at radius 3 is 2.33 bits per heavy atom. The van der Waals surface area contributed by atoms with Crippen molar-refractivity contribution in [2.75, 3.05) is 35.2 Å². The van der Waals surface area contributed by atoms with E-state index in [1.54, 1.807) is 12.1 Å². The van der Waals surface area contributed by atoms with Crippen LogP contribution in [-0.4, -0.2) is 72.6 Å². The summed E-state index contributed by atoms with van der Waals surface area (Å²) in [6.45, 7) is -0.612. The number of benzene rings is 2. The Morgan fingerprint density at radius 1 is 1.15 bits per heavy atom. The monoisotopic (exact) mass is 577 g/mol. The van der Waals surface area contributed by atoms with Crippen molar-refractivity contribution in [2.24, 2.45) is 0 Å². The van der Waals surface area contributed by atoms with Gasteiger partial charge in [-0.3, -0.25) is 28.9 Å². The van der Waals surface area contributed by atoms with Crippen LogP contribution in [0.4, 0.5) is 17.1 Å². The van der Waals surface area contributed by atoms with Gasteiger partial charge in [0.1, 0.15) is 31.3 Å². The average Bonchev–Trinajstić information content (AvgIpc) is 3.01. The fraction of sp³-hybridized carbons (Fsp3) is 0.280. The molecule has 2 atom stereocenters. The van der Waals surface area contributed by atoms with Crippen molar-refractivity contribution in [3.8, 4) is 0 Å². The van der Waals surface area contributed by atoms with E-state index in [1.165, 1.54) is 31.2 Å². The summed E-state index contributed by atoms with van der Waals surface area (Å²) in [5.74, 6) is -3.39. The van der Waals surface area contributed by atoms with Crippen LogP contribution in [0.15, 0.2) is 36.4 Å². The molecule has 0 bridgehead atoms. The first-order valence-electron chi connectivity index (χ1n) is 11.6. The number of hydrogen-bond donors (Lipinski definition) is 4. The highest BCUT2D eigenvalue weighted by Crippen LogP contribution is 2.33. The number of nitrogens with zero attached hydrogens (tertiary/aromatic N) is 2. The summed E-state index contributed by atoms with van der Waals surface area (Å²) in [4.78, 5) is 77.2. The number of para-hydroxylation sites is 2. The molecule has 4 amide bonds. The van der Waals surface area contributed by atoms with Gasteiger partial charge in [-0.05, 0) is 31.2 Å². The van der Waals surface area contributed by atoms with Gasteiger partial charge in [0, 0.05) is 12.0 Å². The average molecular weight is 578 g/mol. The maximum atomic E-state index is 13.7. The number of halogens is 2. The summed E-state index contributed by atoms with van der Waals surface area (Å²) in [7, 11) is 0. The molecule has 0 aliphatic carbocycles. The third-order valence-electron chi connectivity index (χ3n) is 5.80. The third kappa shape index (κ3) is 6.91. The second kappa shape index (κ2) is 12.7. The number of nitrogens with two attached hydrogens (primary N) is 1. The van der Waals surface area contributed by atoms with E-state index in [0.717, 1.165) is 9.80 Å². The Morgan fingerprint density at radius 2 is 1.77 bits per heavy atom. The Labute approximate surface area is 233 Å². The van der Waals surface area contributed by atoms with Crippen LogP contribution in [0.5, 0.6) is 0 Å². The van der Waals surface area contributed by atoms with E-state index in [0.29, 0.717) is 6.29 Å². The van der Waals surface area contributed by atoms with E-state index >= 15 is 0 Å². The van der Waals surface area contributed by atoms with E-state index < -0.39 is 48.9 Å². The second-order valence-corrected chi connectivity index (χ2v) is 9.49. The van der Waals surface area contributed by atoms with Crippen molar-refractivity contribution in [3.05, 3.63) is 52.0 Å². The number of nitrogens with one attached hydrogen (secondary N) is 2. The van der Waals surface area contributed by atoms with E-state index in [4.69, 9.17) is 28.9 Å². The molecule has 39 heavy (non-hydrogen) atoms. The fourth-order valence-electron chi connectivity index (χ4n) is 3.97. The van der Waals surface area contributed by atoms with Gasteiger partial charge in [-0.15, -0.1) is 0 Å². The number of anilines is 3. The molecule has 0 saturated heterocycles. The molecule has 0 fully saturated rings. The molecule has 0 radical (unpaired) electrons. The van der Waals surface area contributed by atoms with Crippen LogP contribution in [0.2, 0.25) is 10.0 Å². The molecule has 206 valence electrons. The highest BCUT2D eigenvalue weighted by Gasteiger charge is 2.37. The Balaban J connectivity index is 1.98. The number of carbonyl (C=O) groups is 6. The van der Waals surface area contributed by atoms with E-state index in [-0.39, 0.29) is 51.4 Å². The number of amides is 4. The van der Waals surface area contributed by atoms with E-state index in [9.17, 15) is 33.9 Å². The third-order valence-corrected chi connectivity index (χ3v) is 6.42. The summed E-state index contributed by atoms with van der Waals surface area (Å²) in [5.41, 5.74) is 6.11. The highest BCUT2D eigenvalue weighted by atomic mass is 35.5. The predicted molar refractivity (Wildman–Crippen MR) is 144 cm³/mol. The largest absolute Gasteiger partial charge is 0.396 e. The zero-order chi connectivity index (χ0) is 28.9. The van der Waals surface area contributed by atoms with Gasteiger partial charge in [0.15, 0.2) is 0 Å². The number of aliphatic hydroxyl groups excluding tert-OH is 1. The Hall–Kier alpha value is -4.00. The van der Waals surface area contributed by atoms with Crippen molar-refractivity contribution < 1.29 is 33.9 Å². The van der Waals surface area contributed by atoms with Gasteiger partial charge in [0.25, 0.3) is 17.7 Å². The van der Waals surface area contributed by atoms with Gasteiger partial charge >= 0.3 is 0 Å². The lowest BCUT2D eigenvalue weighted by Crippen LogP contribution is -2.55. The summed E-state index contributed by atoms with van der Waals surface area (Å²) in [6.07, 6.45) is 0.176. The standard InChI is InChI=1S/C25H25Cl2N5O7/c1-13(35)6-15(11-33)29-21(36)10-32-20-5-3-2-4-19(20)31(22(37)12-34)9-18(25(32)39)30-24(38)14-7-16(26)23(28)17(27)8-14/h2-5,7-8,11,15,18,34H,6,9-10,12,28H2,1H3,(H,29,36)(H,30,38)/t15-,18-/m0/s1. The van der Waals surface area contributed by atoms with Gasteiger partial charge in [-0.25, -0.2) is 0 Å². The quantitative estimate of drug-likeness (QED) is 0.248. The number of ketones is 1. The summed E-state index contributed by atoms with van der Waals surface area (Å²) >= 11 is 12.1. The molecule has 0 unspecified atom stereocenters. The number of aliphatic hydroxyl groups is 1. The minimum absolute atomic E-state index is 0.0120. The molecular formula is C25H25Cl2N5O7. The maximum absolute atomic E-state index is 13.7. The lowest BCUT2D eigenvalue weighted by Gasteiger charge is -2.25. The number of Topliss-reactive ketones (excluding diaryl/α,β-unsaturated/α-hetero) is 1. The van der Waals surface area contributed by atoms with Crippen LogP contribution in [0.25, 0.3) is 0 Å². The van der Waals surface area contributed by atoms with Crippen molar-refractivity contribution in [1.82, 2.24) is 10.6 Å². The molecule has 3 rings (SSSR count). The van der Waals surface area contributed by atoms with Gasteiger partial charge in [0.05, 0.1) is 39.7 Å². The number of rotatable bonds is 9. The van der Waals surface area contributed by atoms with Gasteiger partial charge in [0.2, 0.25) is 5.91 Å². The fourth-order valence-corrected chi connectivity index (χ4v) is 4.46. The first-order chi connectivity index (χ1) is 18.5. The molecule has 0 saturated carbocycles. The van der Waals surface area contributed by atoms with Crippen LogP contribution >= 0.6 is 23.2 Å². The molecule has 2 aromatic carbocycles. The van der Waals surface area contributed by atoms with E-state index in [2.05, 4.69) is 10.6 Å². The molecule has 1 aliphatic rings. The number of hydrogen-bond acceptors (Lipinski definition) is 8. The lowest BCUT2D eigenvalue weighted by molar-refractivity contribution is -0.127. The number of fused-ring (bicyclic) bond motifs is 1. The van der Waals surface area contributed by atoms with E-state index in [1.807, 2.05) is 0 Å². The van der Waals surface area contributed by atoms with Gasteiger partial charge in [-0.1, -0.05) is 35.3 Å². The van der Waals surface area contributed by atoms with Crippen molar-refractivity contribution in [2.45, 2.75) is 25.4 Å². The maximum Gasteiger partial charge on any atom is 0.252 e. The van der Waals surface area contributed by atoms with Crippen LogP contribution in [0.3, 0.4) is 0 Å². The molecule has 5 N–H and O–H groups in total. The SMILES string of the molecule is CC(=O)C[C@@H](C=O)NC(=O)CN1C(=O)[C@@H](NC(=O)c2cc(Cl)c(N)c(Cl)c2)CN(C(=O)CO)c2ccccc21. The number of aldehydes is 1. The normalized spacial score (nSPS) is 15.6. The number of nitrogen functional groups attached to an aromatic ring is 1. The molecule has 2 aromatic rings. The summed E-state index contributed by atoms with van der Waals surface area (Å²) in [6, 6.07) is 6.17. The first-order valence-corrected chi connectivity index (χ1v) is 12.3. The number of carbonyl (C=O) groups excluding carboxylic acids is 6. The predicted octanol–water partition coefficient (Wildman–Crippen LogP) is 0.709. The van der Waals surface area contributed by atoms with Crippen molar-refractivity contribution in [1.29, 1.82) is 0 Å². The molecule has 0 aromatic heterocycles. The Bertz CT molecular complexity index is 1310. The van der Waals surface area contributed by atoms with Crippen LogP contribution in [-0.2, 0) is 24.0 Å². The summed E-state index contributed by atoms with van der Waals surface area (Å²) < 4.78 is 0. The molecule has 1 heterocycles. The Kier molecular flexibility index (Phi) is 9.62. The van der Waals surface area contributed by atoms with Crippen LogP contribution in [0, 0.1) is 0 Å². The molecule has 0 spiro atoms. The summed E-state index contributed by atoms with van der Waals surface area (Å²) in [5, 5.41) is 14.5. The minimum Gasteiger partial charge on any atom is -0.396 e. The first kappa shape index (κ1) is 29.6. The topological polar surface area (TPSA) is 179 Å². The van der Waals surface area contributed by atoms with Crippen molar-refractivity contribution >= 4 is 76.0 Å².